The predicted octanol–water partition coefficient (Wildman–Crippen LogP) is 2.58. The molecule has 1 aromatic carbocycles. The summed E-state index contributed by atoms with van der Waals surface area (Å²) in [6.45, 7) is 0. The van der Waals surface area contributed by atoms with Crippen LogP contribution < -0.4 is 4.90 Å². The molecule has 2 amide bonds. The van der Waals surface area contributed by atoms with Gasteiger partial charge in [0.1, 0.15) is 0 Å². The van der Waals surface area contributed by atoms with E-state index in [4.69, 9.17) is 5.11 Å². The van der Waals surface area contributed by atoms with Crippen LogP contribution in [0.15, 0.2) is 36.4 Å². The standard InChI is InChI=1S/C21H19NO4/c23-19-17-13-8-14(16-11-2-1-10(7-11)15(13)16)18(17)20(24)22(19)12-5-3-9(4-6-12)21(25)26/h1-6,10-11,13-18H,7-8H2,(H,25,26)/t10-,11-,13-,14+,15+,16+,17+,18-/m0/s1. The van der Waals surface area contributed by atoms with Crippen LogP contribution in [-0.2, 0) is 9.59 Å². The smallest absolute Gasteiger partial charge is 0.335 e. The Bertz CT molecular complexity index is 846. The van der Waals surface area contributed by atoms with Crippen molar-refractivity contribution in [3.05, 3.63) is 42.0 Å². The van der Waals surface area contributed by atoms with Crippen molar-refractivity contribution in [2.75, 3.05) is 4.90 Å². The van der Waals surface area contributed by atoms with Gasteiger partial charge in [-0.2, -0.15) is 0 Å². The van der Waals surface area contributed by atoms with Crippen LogP contribution in [0.1, 0.15) is 23.2 Å². The van der Waals surface area contributed by atoms with Gasteiger partial charge in [-0.3, -0.25) is 14.5 Å². The number of allylic oxidation sites excluding steroid dienone is 2. The Kier molecular flexibility index (Phi) is 2.63. The molecule has 0 aromatic heterocycles. The average molecular weight is 349 g/mol. The Morgan fingerprint density at radius 3 is 1.92 bits per heavy atom. The molecule has 26 heavy (non-hydrogen) atoms. The van der Waals surface area contributed by atoms with Gasteiger partial charge in [0, 0.05) is 0 Å². The van der Waals surface area contributed by atoms with Gasteiger partial charge in [0.2, 0.25) is 11.8 Å². The fraction of sp³-hybridized carbons (Fsp3) is 0.476. The molecule has 132 valence electrons. The van der Waals surface area contributed by atoms with E-state index in [2.05, 4.69) is 12.2 Å². The van der Waals surface area contributed by atoms with Gasteiger partial charge in [0.05, 0.1) is 23.1 Å². The molecule has 1 saturated heterocycles. The van der Waals surface area contributed by atoms with Gasteiger partial charge in [-0.1, -0.05) is 12.2 Å². The monoisotopic (exact) mass is 349 g/mol. The summed E-state index contributed by atoms with van der Waals surface area (Å²) in [5, 5.41) is 9.05. The van der Waals surface area contributed by atoms with Crippen LogP contribution in [0.25, 0.3) is 0 Å². The van der Waals surface area contributed by atoms with Crippen molar-refractivity contribution in [3.8, 4) is 0 Å². The number of carboxylic acids is 1. The average Bonchev–Trinajstić information content (AvgIpc) is 3.40. The Morgan fingerprint density at radius 1 is 0.885 bits per heavy atom. The van der Waals surface area contributed by atoms with E-state index in [-0.39, 0.29) is 29.2 Å². The summed E-state index contributed by atoms with van der Waals surface area (Å²) < 4.78 is 0. The third kappa shape index (κ3) is 1.56. The molecule has 0 radical (unpaired) electrons. The highest BCUT2D eigenvalue weighted by Crippen LogP contribution is 2.70. The lowest BCUT2D eigenvalue weighted by Gasteiger charge is -2.36. The number of anilines is 1. The molecule has 5 aliphatic rings. The highest BCUT2D eigenvalue weighted by molar-refractivity contribution is 6.22. The maximum atomic E-state index is 13.2. The van der Waals surface area contributed by atoms with Crippen LogP contribution in [-0.4, -0.2) is 22.9 Å². The molecule has 4 bridgehead atoms. The largest absolute Gasteiger partial charge is 0.478 e. The number of carbonyl (C=O) groups is 3. The zero-order chi connectivity index (χ0) is 17.7. The predicted molar refractivity (Wildman–Crippen MR) is 92.2 cm³/mol. The lowest BCUT2D eigenvalue weighted by molar-refractivity contribution is -0.123. The van der Waals surface area contributed by atoms with Crippen molar-refractivity contribution >= 4 is 23.5 Å². The molecule has 1 aromatic rings. The minimum atomic E-state index is -1.01. The molecule has 4 fully saturated rings. The first-order chi connectivity index (χ1) is 12.6. The van der Waals surface area contributed by atoms with E-state index in [0.29, 0.717) is 41.2 Å². The zero-order valence-electron chi connectivity index (χ0n) is 14.1. The molecule has 4 aliphatic carbocycles. The third-order valence-corrected chi connectivity index (χ3v) is 7.81. The van der Waals surface area contributed by atoms with Crippen LogP contribution in [0.4, 0.5) is 5.69 Å². The van der Waals surface area contributed by atoms with E-state index in [0.717, 1.165) is 6.42 Å². The first-order valence-electron chi connectivity index (χ1n) is 9.46. The fourth-order valence-electron chi connectivity index (χ4n) is 7.13. The van der Waals surface area contributed by atoms with E-state index in [1.54, 1.807) is 12.1 Å². The number of benzene rings is 1. The number of imide groups is 1. The van der Waals surface area contributed by atoms with Crippen LogP contribution in [0.5, 0.6) is 0 Å². The molecular formula is C21H19NO4. The van der Waals surface area contributed by atoms with Gasteiger partial charge < -0.3 is 5.11 Å². The quantitative estimate of drug-likeness (QED) is 0.506. The van der Waals surface area contributed by atoms with E-state index < -0.39 is 5.97 Å². The lowest BCUT2D eigenvalue weighted by atomic mass is 9.65. The second kappa shape index (κ2) is 4.64. The lowest BCUT2D eigenvalue weighted by Crippen LogP contribution is -2.38. The number of nitrogens with zero attached hydrogens (tertiary/aromatic N) is 1. The van der Waals surface area contributed by atoms with Crippen molar-refractivity contribution in [3.63, 3.8) is 0 Å². The first-order valence-corrected chi connectivity index (χ1v) is 9.46. The maximum Gasteiger partial charge on any atom is 0.335 e. The highest BCUT2D eigenvalue weighted by Gasteiger charge is 2.71. The SMILES string of the molecule is O=C(O)c1ccc(N2C(=O)[C@@H]3[C@H]4C[C@@H]([C@@H]3C2=O)[C@@H]2[C@@H]4[C@H]3C=C[C@H]2C3)cc1. The molecule has 1 heterocycles. The second-order valence-corrected chi connectivity index (χ2v) is 8.58. The summed E-state index contributed by atoms with van der Waals surface area (Å²) in [4.78, 5) is 38.7. The summed E-state index contributed by atoms with van der Waals surface area (Å²) in [6, 6.07) is 6.07. The summed E-state index contributed by atoms with van der Waals surface area (Å²) in [7, 11) is 0. The molecule has 0 unspecified atom stereocenters. The Hall–Kier alpha value is -2.43. The maximum absolute atomic E-state index is 13.2. The molecule has 5 nitrogen and oxygen atoms in total. The highest BCUT2D eigenvalue weighted by atomic mass is 16.4. The number of fused-ring (bicyclic) bond motifs is 12. The normalized spacial score (nSPS) is 44.1. The second-order valence-electron chi connectivity index (χ2n) is 8.58. The van der Waals surface area contributed by atoms with E-state index in [1.165, 1.54) is 23.5 Å². The van der Waals surface area contributed by atoms with Crippen molar-refractivity contribution in [1.82, 2.24) is 0 Å². The molecule has 3 saturated carbocycles. The summed E-state index contributed by atoms with van der Waals surface area (Å²) in [5.41, 5.74) is 0.662. The molecular weight excluding hydrogens is 330 g/mol. The van der Waals surface area contributed by atoms with Crippen LogP contribution in [0.3, 0.4) is 0 Å². The van der Waals surface area contributed by atoms with E-state index in [1.807, 2.05) is 0 Å². The number of aromatic carboxylic acids is 1. The molecule has 1 aliphatic heterocycles. The van der Waals surface area contributed by atoms with Crippen molar-refractivity contribution in [1.29, 1.82) is 0 Å². The molecule has 6 rings (SSSR count). The molecule has 8 atom stereocenters. The van der Waals surface area contributed by atoms with E-state index in [9.17, 15) is 14.4 Å². The van der Waals surface area contributed by atoms with Crippen molar-refractivity contribution < 1.29 is 19.5 Å². The van der Waals surface area contributed by atoms with Gasteiger partial charge in [-0.05, 0) is 72.6 Å². The minimum Gasteiger partial charge on any atom is -0.478 e. The number of amides is 2. The Morgan fingerprint density at radius 2 is 1.42 bits per heavy atom. The van der Waals surface area contributed by atoms with E-state index >= 15 is 0 Å². The molecule has 0 spiro atoms. The fourth-order valence-corrected chi connectivity index (χ4v) is 7.13. The first kappa shape index (κ1) is 14.7. The number of carbonyl (C=O) groups excluding carboxylic acids is 2. The van der Waals surface area contributed by atoms with Crippen LogP contribution in [0, 0.1) is 47.3 Å². The van der Waals surface area contributed by atoms with Crippen molar-refractivity contribution in [2.45, 2.75) is 12.8 Å². The van der Waals surface area contributed by atoms with Gasteiger partial charge in [0.15, 0.2) is 0 Å². The third-order valence-electron chi connectivity index (χ3n) is 7.81. The summed E-state index contributed by atoms with van der Waals surface area (Å²) in [6.07, 6.45) is 6.92. The van der Waals surface area contributed by atoms with Gasteiger partial charge in [0.25, 0.3) is 0 Å². The summed E-state index contributed by atoms with van der Waals surface area (Å²) in [5.74, 6) is 1.58. The van der Waals surface area contributed by atoms with Gasteiger partial charge >= 0.3 is 5.97 Å². The van der Waals surface area contributed by atoms with Crippen LogP contribution >= 0.6 is 0 Å². The van der Waals surface area contributed by atoms with Gasteiger partial charge in [-0.25, -0.2) is 4.79 Å². The number of hydrogen-bond acceptors (Lipinski definition) is 3. The number of carboxylic acid groups (broad SMARTS) is 1. The van der Waals surface area contributed by atoms with Crippen molar-refractivity contribution in [2.24, 2.45) is 47.3 Å². The topological polar surface area (TPSA) is 74.7 Å². The minimum absolute atomic E-state index is 0.0687. The summed E-state index contributed by atoms with van der Waals surface area (Å²) >= 11 is 0. The number of rotatable bonds is 2. The van der Waals surface area contributed by atoms with Gasteiger partial charge in [-0.15, -0.1) is 0 Å². The zero-order valence-corrected chi connectivity index (χ0v) is 14.1. The molecule has 1 N–H and O–H groups in total. The Labute approximate surface area is 150 Å². The number of hydrogen-bond donors (Lipinski definition) is 1. The van der Waals surface area contributed by atoms with Crippen LogP contribution in [0.2, 0.25) is 0 Å². The molecule has 5 heteroatoms. The Balaban J connectivity index is 1.36.